The van der Waals surface area contributed by atoms with Gasteiger partial charge in [0.05, 0.1) is 31.3 Å². The molecule has 0 aliphatic carbocycles. The number of carbonyl (C=O) groups excluding carboxylic acids is 1. The fourth-order valence-corrected chi connectivity index (χ4v) is 6.34. The van der Waals surface area contributed by atoms with E-state index in [-0.39, 0.29) is 11.3 Å². The van der Waals surface area contributed by atoms with E-state index in [9.17, 15) is 18.3 Å². The van der Waals surface area contributed by atoms with Crippen LogP contribution < -0.4 is 15.4 Å². The maximum absolute atomic E-state index is 13.9. The molecule has 1 aliphatic rings. The third kappa shape index (κ3) is 9.96. The standard InChI is InChI=1S/C30H44N2O8S/c1-29(2,3)40-28(34)32-25(21-22-11-7-6-8-12-22)26(33)27(31-18-10-9-17-30(4)38-19-20-39-30)41(35,36)24-15-13-23(37-5)14-16-24/h6-8,11-16,25-27,31,33H,9-10,17-21H2,1-5H3,(H,32,34)/t25-,26+,27?/m0/s1. The van der Waals surface area contributed by atoms with Gasteiger partial charge in [-0.15, -0.1) is 0 Å². The van der Waals surface area contributed by atoms with Gasteiger partial charge in [0, 0.05) is 6.42 Å². The highest BCUT2D eigenvalue weighted by Gasteiger charge is 2.39. The van der Waals surface area contributed by atoms with Crippen LogP contribution >= 0.6 is 0 Å². The van der Waals surface area contributed by atoms with Crippen molar-refractivity contribution in [3.8, 4) is 5.75 Å². The number of hydrogen-bond donors (Lipinski definition) is 3. The quantitative estimate of drug-likeness (QED) is 0.280. The number of alkyl carbamates (subject to hydrolysis) is 1. The summed E-state index contributed by atoms with van der Waals surface area (Å²) >= 11 is 0. The second-order valence-electron chi connectivity index (χ2n) is 11.3. The molecule has 41 heavy (non-hydrogen) atoms. The lowest BCUT2D eigenvalue weighted by Crippen LogP contribution is -2.57. The predicted molar refractivity (Wildman–Crippen MR) is 155 cm³/mol. The Balaban J connectivity index is 1.85. The Morgan fingerprint density at radius 1 is 1.05 bits per heavy atom. The molecule has 3 atom stereocenters. The van der Waals surface area contributed by atoms with Crippen LogP contribution in [0.25, 0.3) is 0 Å². The highest BCUT2D eigenvalue weighted by molar-refractivity contribution is 7.92. The highest BCUT2D eigenvalue weighted by Crippen LogP contribution is 2.26. The largest absolute Gasteiger partial charge is 0.497 e. The molecule has 1 amide bonds. The predicted octanol–water partition coefficient (Wildman–Crippen LogP) is 3.81. The molecular weight excluding hydrogens is 548 g/mol. The van der Waals surface area contributed by atoms with Crippen LogP contribution in [0.4, 0.5) is 4.79 Å². The Morgan fingerprint density at radius 2 is 1.68 bits per heavy atom. The molecule has 2 aromatic rings. The van der Waals surface area contributed by atoms with Crippen molar-refractivity contribution in [3.05, 3.63) is 60.2 Å². The van der Waals surface area contributed by atoms with Gasteiger partial charge in [-0.25, -0.2) is 13.2 Å². The molecule has 0 spiro atoms. The van der Waals surface area contributed by atoms with Gasteiger partial charge in [-0.1, -0.05) is 30.3 Å². The number of benzene rings is 2. The van der Waals surface area contributed by atoms with E-state index in [1.165, 1.54) is 19.2 Å². The minimum atomic E-state index is -4.11. The molecule has 228 valence electrons. The second-order valence-corrected chi connectivity index (χ2v) is 13.4. The second kappa shape index (κ2) is 14.5. The molecule has 1 saturated heterocycles. The number of carbonyl (C=O) groups is 1. The number of hydrogen-bond acceptors (Lipinski definition) is 9. The van der Waals surface area contributed by atoms with Gasteiger partial charge in [0.2, 0.25) is 0 Å². The Bertz CT molecular complexity index is 1190. The number of rotatable bonds is 14. The van der Waals surface area contributed by atoms with Crippen LogP contribution in [0.15, 0.2) is 59.5 Å². The number of aliphatic hydroxyl groups is 1. The summed E-state index contributed by atoms with van der Waals surface area (Å²) in [6.07, 6.45) is -0.0868. The molecule has 0 saturated carbocycles. The number of nitrogens with one attached hydrogen (secondary N) is 2. The molecular formula is C30H44N2O8S. The van der Waals surface area contributed by atoms with Gasteiger partial charge in [-0.2, -0.15) is 0 Å². The topological polar surface area (TPSA) is 132 Å². The summed E-state index contributed by atoms with van der Waals surface area (Å²) in [5, 5.41) is 16.0. The zero-order valence-corrected chi connectivity index (χ0v) is 25.4. The molecule has 10 nitrogen and oxygen atoms in total. The summed E-state index contributed by atoms with van der Waals surface area (Å²) in [5.41, 5.74) is 0.0423. The Labute approximate surface area is 243 Å². The summed E-state index contributed by atoms with van der Waals surface area (Å²) < 4.78 is 49.8. The minimum Gasteiger partial charge on any atom is -0.497 e. The SMILES string of the molecule is COc1ccc(S(=O)(=O)C(NCCCCC2(C)OCCO2)[C@H](O)[C@H](Cc2ccccc2)NC(=O)OC(C)(C)C)cc1. The van der Waals surface area contributed by atoms with Crippen molar-refractivity contribution in [1.29, 1.82) is 0 Å². The molecule has 1 aliphatic heterocycles. The van der Waals surface area contributed by atoms with E-state index < -0.39 is 44.8 Å². The summed E-state index contributed by atoms with van der Waals surface area (Å²) in [4.78, 5) is 12.8. The van der Waals surface area contributed by atoms with Gasteiger partial charge >= 0.3 is 6.09 Å². The zero-order valence-electron chi connectivity index (χ0n) is 24.6. The van der Waals surface area contributed by atoms with Crippen LogP contribution in [0, 0.1) is 0 Å². The van der Waals surface area contributed by atoms with Gasteiger partial charge in [0.25, 0.3) is 0 Å². The normalized spacial score (nSPS) is 17.4. The van der Waals surface area contributed by atoms with E-state index in [0.717, 1.165) is 12.0 Å². The van der Waals surface area contributed by atoms with Crippen LogP contribution in [0.2, 0.25) is 0 Å². The van der Waals surface area contributed by atoms with Gasteiger partial charge < -0.3 is 29.4 Å². The number of amides is 1. The molecule has 0 bridgehead atoms. The summed E-state index contributed by atoms with van der Waals surface area (Å²) in [6.45, 7) is 8.50. The van der Waals surface area contributed by atoms with E-state index in [1.54, 1.807) is 32.9 Å². The van der Waals surface area contributed by atoms with Crippen LogP contribution in [-0.2, 0) is 30.5 Å². The van der Waals surface area contributed by atoms with Gasteiger partial charge in [0.1, 0.15) is 22.8 Å². The molecule has 11 heteroatoms. The van der Waals surface area contributed by atoms with Crippen molar-refractivity contribution < 1.29 is 37.3 Å². The van der Waals surface area contributed by atoms with E-state index in [0.29, 0.717) is 38.3 Å². The first-order valence-electron chi connectivity index (χ1n) is 13.9. The van der Waals surface area contributed by atoms with Crippen LogP contribution in [0.3, 0.4) is 0 Å². The number of methoxy groups -OCH3 is 1. The number of ether oxygens (including phenoxy) is 4. The molecule has 2 aromatic carbocycles. The van der Waals surface area contributed by atoms with Crippen molar-refractivity contribution in [3.63, 3.8) is 0 Å². The average molecular weight is 593 g/mol. The van der Waals surface area contributed by atoms with Crippen molar-refractivity contribution in [2.45, 2.75) is 87.2 Å². The first kappa shape index (κ1) is 32.8. The summed E-state index contributed by atoms with van der Waals surface area (Å²) in [5.74, 6) is -0.126. The molecule has 1 fully saturated rings. The van der Waals surface area contributed by atoms with E-state index >= 15 is 0 Å². The fraction of sp³-hybridized carbons (Fsp3) is 0.567. The summed E-state index contributed by atoms with van der Waals surface area (Å²) in [6, 6.07) is 14.3. The smallest absolute Gasteiger partial charge is 0.407 e. The van der Waals surface area contributed by atoms with Crippen LogP contribution in [-0.4, -0.2) is 75.4 Å². The minimum absolute atomic E-state index is 0.0193. The van der Waals surface area contributed by atoms with Gasteiger partial charge in [0.15, 0.2) is 15.6 Å². The van der Waals surface area contributed by atoms with Crippen molar-refractivity contribution in [2.24, 2.45) is 0 Å². The number of sulfone groups is 1. The lowest BCUT2D eigenvalue weighted by atomic mass is 10.0. The zero-order chi connectivity index (χ0) is 30.1. The highest BCUT2D eigenvalue weighted by atomic mass is 32.2. The maximum Gasteiger partial charge on any atom is 0.407 e. The molecule has 3 N–H and O–H groups in total. The summed E-state index contributed by atoms with van der Waals surface area (Å²) in [7, 11) is -2.61. The van der Waals surface area contributed by atoms with Crippen LogP contribution in [0.1, 0.15) is 52.5 Å². The van der Waals surface area contributed by atoms with Crippen molar-refractivity contribution in [1.82, 2.24) is 10.6 Å². The average Bonchev–Trinajstić information content (AvgIpc) is 3.35. The van der Waals surface area contributed by atoms with Gasteiger partial charge in [-0.3, -0.25) is 5.32 Å². The first-order chi connectivity index (χ1) is 19.3. The van der Waals surface area contributed by atoms with Crippen molar-refractivity contribution in [2.75, 3.05) is 26.9 Å². The van der Waals surface area contributed by atoms with E-state index in [2.05, 4.69) is 10.6 Å². The van der Waals surface area contributed by atoms with Gasteiger partial charge in [-0.05, 0) is 83.3 Å². The van der Waals surface area contributed by atoms with E-state index in [1.807, 2.05) is 37.3 Å². The lowest BCUT2D eigenvalue weighted by Gasteiger charge is -2.32. The molecule has 0 aromatic heterocycles. The molecule has 1 unspecified atom stereocenters. The number of aliphatic hydroxyl groups excluding tert-OH is 1. The third-order valence-corrected chi connectivity index (χ3v) is 8.79. The monoisotopic (exact) mass is 592 g/mol. The first-order valence-corrected chi connectivity index (χ1v) is 15.5. The Kier molecular flexibility index (Phi) is 11.6. The Hall–Kier alpha value is -2.70. The molecule has 3 rings (SSSR count). The Morgan fingerprint density at radius 3 is 2.27 bits per heavy atom. The number of unbranched alkanes of at least 4 members (excludes halogenated alkanes) is 1. The third-order valence-electron chi connectivity index (χ3n) is 6.75. The molecule has 0 radical (unpaired) electrons. The van der Waals surface area contributed by atoms with Crippen LogP contribution in [0.5, 0.6) is 5.75 Å². The lowest BCUT2D eigenvalue weighted by molar-refractivity contribution is -0.147. The van der Waals surface area contributed by atoms with E-state index in [4.69, 9.17) is 18.9 Å². The maximum atomic E-state index is 13.9. The molecule has 1 heterocycles. The van der Waals surface area contributed by atoms with Crippen molar-refractivity contribution >= 4 is 15.9 Å². The fourth-order valence-electron chi connectivity index (χ4n) is 4.64.